The first-order chi connectivity index (χ1) is 8.16. The fourth-order valence-corrected chi connectivity index (χ4v) is 4.35. The molecule has 0 aliphatic rings. The molecule has 0 aromatic heterocycles. The van der Waals surface area contributed by atoms with E-state index in [0.717, 1.165) is 12.1 Å². The predicted molar refractivity (Wildman–Crippen MR) is 87.2 cm³/mol. The summed E-state index contributed by atoms with van der Waals surface area (Å²) < 4.78 is 0. The SMILES string of the molecule is C=Cc1ccc([Si](C)(C)C(C)(C)C)c(N)c1CC. The maximum absolute atomic E-state index is 6.44. The summed E-state index contributed by atoms with van der Waals surface area (Å²) >= 11 is 0. The van der Waals surface area contributed by atoms with Crippen molar-refractivity contribution in [1.29, 1.82) is 0 Å². The second kappa shape index (κ2) is 4.92. The molecule has 100 valence electrons. The molecule has 2 heteroatoms. The molecule has 0 fully saturated rings. The fourth-order valence-electron chi connectivity index (χ4n) is 2.22. The molecule has 0 radical (unpaired) electrons. The summed E-state index contributed by atoms with van der Waals surface area (Å²) in [6.07, 6.45) is 2.88. The molecule has 0 atom stereocenters. The van der Waals surface area contributed by atoms with Gasteiger partial charge in [0, 0.05) is 5.69 Å². The molecular formula is C16H27NSi. The van der Waals surface area contributed by atoms with E-state index in [2.05, 4.69) is 59.5 Å². The molecule has 1 aromatic carbocycles. The highest BCUT2D eigenvalue weighted by molar-refractivity contribution is 6.93. The van der Waals surface area contributed by atoms with Crippen LogP contribution in [-0.4, -0.2) is 8.07 Å². The summed E-state index contributed by atoms with van der Waals surface area (Å²) in [5.74, 6) is 0. The minimum absolute atomic E-state index is 0.307. The highest BCUT2D eigenvalue weighted by Gasteiger charge is 2.38. The monoisotopic (exact) mass is 261 g/mol. The maximum atomic E-state index is 6.44. The Balaban J connectivity index is 3.49. The van der Waals surface area contributed by atoms with Crippen LogP contribution in [0, 0.1) is 0 Å². The van der Waals surface area contributed by atoms with E-state index in [1.165, 1.54) is 16.3 Å². The van der Waals surface area contributed by atoms with Crippen LogP contribution in [0.25, 0.3) is 6.08 Å². The van der Waals surface area contributed by atoms with E-state index < -0.39 is 8.07 Å². The van der Waals surface area contributed by atoms with Gasteiger partial charge in [-0.3, -0.25) is 0 Å². The minimum atomic E-state index is -1.57. The molecule has 1 aromatic rings. The van der Waals surface area contributed by atoms with E-state index in [1.807, 2.05) is 6.08 Å². The van der Waals surface area contributed by atoms with Crippen molar-refractivity contribution in [2.45, 2.75) is 52.2 Å². The normalized spacial score (nSPS) is 12.6. The van der Waals surface area contributed by atoms with E-state index in [0.29, 0.717) is 5.04 Å². The van der Waals surface area contributed by atoms with Crippen molar-refractivity contribution in [2.75, 3.05) is 5.73 Å². The number of nitrogens with two attached hydrogens (primary N) is 1. The Morgan fingerprint density at radius 3 is 2.22 bits per heavy atom. The molecule has 0 unspecified atom stereocenters. The lowest BCUT2D eigenvalue weighted by molar-refractivity contribution is 0.729. The molecule has 18 heavy (non-hydrogen) atoms. The fraction of sp³-hybridized carbons (Fsp3) is 0.500. The zero-order valence-electron chi connectivity index (χ0n) is 12.7. The average Bonchev–Trinajstić information content (AvgIpc) is 2.26. The second-order valence-corrected chi connectivity index (χ2v) is 11.8. The van der Waals surface area contributed by atoms with Gasteiger partial charge in [0.25, 0.3) is 0 Å². The van der Waals surface area contributed by atoms with Gasteiger partial charge in [-0.05, 0) is 27.8 Å². The summed E-state index contributed by atoms with van der Waals surface area (Å²) in [5.41, 5.74) is 9.88. The van der Waals surface area contributed by atoms with Crippen molar-refractivity contribution in [3.8, 4) is 0 Å². The number of anilines is 1. The van der Waals surface area contributed by atoms with Crippen LogP contribution in [0.15, 0.2) is 18.7 Å². The van der Waals surface area contributed by atoms with Crippen molar-refractivity contribution in [3.63, 3.8) is 0 Å². The van der Waals surface area contributed by atoms with E-state index >= 15 is 0 Å². The Bertz CT molecular complexity index is 453. The Labute approximate surface area is 113 Å². The van der Waals surface area contributed by atoms with Crippen LogP contribution in [0.5, 0.6) is 0 Å². The van der Waals surface area contributed by atoms with Gasteiger partial charge in [0.05, 0.1) is 8.07 Å². The molecule has 0 saturated carbocycles. The van der Waals surface area contributed by atoms with Crippen LogP contribution >= 0.6 is 0 Å². The molecule has 0 bridgehead atoms. The van der Waals surface area contributed by atoms with Crippen LogP contribution in [0.1, 0.15) is 38.8 Å². The molecule has 0 saturated heterocycles. The van der Waals surface area contributed by atoms with Crippen molar-refractivity contribution in [1.82, 2.24) is 0 Å². The van der Waals surface area contributed by atoms with Crippen molar-refractivity contribution in [2.24, 2.45) is 0 Å². The molecule has 0 aliphatic heterocycles. The molecule has 0 heterocycles. The molecule has 1 nitrogen and oxygen atoms in total. The summed E-state index contributed by atoms with van der Waals surface area (Å²) in [6.45, 7) is 17.8. The lowest BCUT2D eigenvalue weighted by atomic mass is 10.0. The third kappa shape index (κ3) is 2.39. The van der Waals surface area contributed by atoms with Crippen molar-refractivity contribution in [3.05, 3.63) is 29.8 Å². The van der Waals surface area contributed by atoms with Gasteiger partial charge >= 0.3 is 0 Å². The van der Waals surface area contributed by atoms with E-state index in [9.17, 15) is 0 Å². The first-order valence-corrected chi connectivity index (χ1v) is 9.71. The zero-order valence-corrected chi connectivity index (χ0v) is 13.7. The van der Waals surface area contributed by atoms with Gasteiger partial charge < -0.3 is 5.73 Å². The predicted octanol–water partition coefficient (Wildman–Crippen LogP) is 4.19. The van der Waals surface area contributed by atoms with E-state index in [-0.39, 0.29) is 0 Å². The van der Waals surface area contributed by atoms with Crippen LogP contribution in [0.2, 0.25) is 18.1 Å². The number of hydrogen-bond acceptors (Lipinski definition) is 1. The topological polar surface area (TPSA) is 26.0 Å². The zero-order chi connectivity index (χ0) is 14.1. The molecule has 2 N–H and O–H groups in total. The Morgan fingerprint density at radius 1 is 1.28 bits per heavy atom. The first-order valence-electron chi connectivity index (χ1n) is 6.71. The standard InChI is InChI=1S/C16H27NSi/c1-8-12-10-11-14(15(17)13(12)9-2)18(6,7)16(3,4)5/h8,10-11H,1,9,17H2,2-7H3. The number of nitrogen functional groups attached to an aromatic ring is 1. The van der Waals surface area contributed by atoms with Gasteiger partial charge in [-0.25, -0.2) is 0 Å². The van der Waals surface area contributed by atoms with Crippen LogP contribution < -0.4 is 10.9 Å². The van der Waals surface area contributed by atoms with Gasteiger partial charge in [-0.2, -0.15) is 0 Å². The minimum Gasteiger partial charge on any atom is -0.399 e. The number of rotatable bonds is 3. The average molecular weight is 261 g/mol. The molecule has 1 rings (SSSR count). The summed E-state index contributed by atoms with van der Waals surface area (Å²) in [5, 5.41) is 1.69. The Hall–Kier alpha value is -1.02. The highest BCUT2D eigenvalue weighted by Crippen LogP contribution is 2.37. The largest absolute Gasteiger partial charge is 0.399 e. The lowest BCUT2D eigenvalue weighted by Crippen LogP contribution is -2.50. The van der Waals surface area contributed by atoms with Gasteiger partial charge in [-0.1, -0.05) is 65.6 Å². The molecule has 0 aliphatic carbocycles. The molecular weight excluding hydrogens is 234 g/mol. The number of hydrogen-bond donors (Lipinski definition) is 1. The van der Waals surface area contributed by atoms with Gasteiger partial charge in [0.2, 0.25) is 0 Å². The third-order valence-corrected chi connectivity index (χ3v) is 10.0. The second-order valence-electron chi connectivity index (χ2n) is 6.53. The van der Waals surface area contributed by atoms with Gasteiger partial charge in [-0.15, -0.1) is 0 Å². The van der Waals surface area contributed by atoms with Gasteiger partial charge in [0.1, 0.15) is 0 Å². The summed E-state index contributed by atoms with van der Waals surface area (Å²) in [7, 11) is -1.57. The molecule has 0 amide bonds. The van der Waals surface area contributed by atoms with Crippen molar-refractivity contribution >= 4 is 25.0 Å². The number of benzene rings is 1. The smallest absolute Gasteiger partial charge is 0.0886 e. The van der Waals surface area contributed by atoms with Crippen molar-refractivity contribution < 1.29 is 0 Å². The van der Waals surface area contributed by atoms with E-state index in [4.69, 9.17) is 5.73 Å². The maximum Gasteiger partial charge on any atom is 0.0886 e. The quantitative estimate of drug-likeness (QED) is 0.641. The van der Waals surface area contributed by atoms with Crippen LogP contribution in [0.3, 0.4) is 0 Å². The van der Waals surface area contributed by atoms with Crippen LogP contribution in [0.4, 0.5) is 5.69 Å². The molecule has 0 spiro atoms. The first kappa shape index (κ1) is 15.0. The summed E-state index contributed by atoms with van der Waals surface area (Å²) in [4.78, 5) is 0. The van der Waals surface area contributed by atoms with Crippen LogP contribution in [-0.2, 0) is 6.42 Å². The Morgan fingerprint density at radius 2 is 1.83 bits per heavy atom. The third-order valence-electron chi connectivity index (χ3n) is 4.52. The Kier molecular flexibility index (Phi) is 4.11. The summed E-state index contributed by atoms with van der Waals surface area (Å²) in [6, 6.07) is 4.40. The van der Waals surface area contributed by atoms with E-state index in [1.54, 1.807) is 0 Å². The lowest BCUT2D eigenvalue weighted by Gasteiger charge is -2.38. The highest BCUT2D eigenvalue weighted by atomic mass is 28.3. The van der Waals surface area contributed by atoms with Gasteiger partial charge in [0.15, 0.2) is 0 Å².